The Bertz CT molecular complexity index is 1160. The van der Waals surface area contributed by atoms with E-state index in [2.05, 4.69) is 55.9 Å². The number of methoxy groups -OCH3 is 1. The van der Waals surface area contributed by atoms with Gasteiger partial charge < -0.3 is 19.0 Å². The molecule has 168 valence electrons. The smallest absolute Gasteiger partial charge is 0.203 e. The lowest BCUT2D eigenvalue weighted by molar-refractivity contribution is 0.132. The first-order chi connectivity index (χ1) is 15.3. The van der Waals surface area contributed by atoms with Gasteiger partial charge in [-0.2, -0.15) is 5.26 Å². The Labute approximate surface area is 190 Å². The van der Waals surface area contributed by atoms with Crippen LogP contribution in [0.3, 0.4) is 0 Å². The summed E-state index contributed by atoms with van der Waals surface area (Å²) in [6.07, 6.45) is 1.08. The highest BCUT2D eigenvalue weighted by molar-refractivity contribution is 6.02. The molecule has 6 heteroatoms. The number of ether oxygens (including phenoxy) is 1. The number of hydrogen-bond donors (Lipinski definition) is 0. The van der Waals surface area contributed by atoms with Crippen molar-refractivity contribution in [2.75, 3.05) is 45.8 Å². The van der Waals surface area contributed by atoms with Crippen molar-refractivity contribution >= 4 is 16.8 Å². The number of likely N-dealkylation sites (N-methyl/N-ethyl adjacent to an activating group) is 1. The summed E-state index contributed by atoms with van der Waals surface area (Å²) < 4.78 is 11.9. The number of fused-ring (bicyclic) bond motifs is 1. The maximum absolute atomic E-state index is 10.1. The maximum Gasteiger partial charge on any atom is 0.203 e. The molecular weight excluding hydrogens is 400 g/mol. The standard InChI is InChI=1S/C26H32N4O2/c1-17-20(14-27)22-24(32-25(28-22)26(2,3)16-31-6)23(21(17)18-10-8-7-9-11-18)30-13-12-19(15-30)29(4)5/h7-11,19H,12-13,15-16H2,1-6H3. The predicted molar refractivity (Wildman–Crippen MR) is 128 cm³/mol. The number of oxazole rings is 1. The van der Waals surface area contributed by atoms with Crippen molar-refractivity contribution < 1.29 is 9.15 Å². The molecule has 1 saturated heterocycles. The highest BCUT2D eigenvalue weighted by Gasteiger charge is 2.34. The maximum atomic E-state index is 10.1. The second-order valence-corrected chi connectivity index (χ2v) is 9.57. The molecule has 4 rings (SSSR count). The van der Waals surface area contributed by atoms with Crippen LogP contribution in [-0.2, 0) is 10.2 Å². The molecule has 1 fully saturated rings. The van der Waals surface area contributed by atoms with Gasteiger partial charge in [0.25, 0.3) is 0 Å². The first-order valence-corrected chi connectivity index (χ1v) is 11.1. The first-order valence-electron chi connectivity index (χ1n) is 11.1. The van der Waals surface area contributed by atoms with Crippen molar-refractivity contribution in [2.45, 2.75) is 38.6 Å². The second-order valence-electron chi connectivity index (χ2n) is 9.57. The molecular formula is C26H32N4O2. The Hall–Kier alpha value is -2.88. The first kappa shape index (κ1) is 22.3. The number of nitrogens with zero attached hydrogens (tertiary/aromatic N) is 4. The van der Waals surface area contributed by atoms with Crippen molar-refractivity contribution in [1.82, 2.24) is 9.88 Å². The molecule has 2 aromatic carbocycles. The van der Waals surface area contributed by atoms with Crippen molar-refractivity contribution in [2.24, 2.45) is 0 Å². The summed E-state index contributed by atoms with van der Waals surface area (Å²) in [5.41, 5.74) is 5.64. The van der Waals surface area contributed by atoms with E-state index in [-0.39, 0.29) is 0 Å². The van der Waals surface area contributed by atoms with E-state index in [1.807, 2.05) is 25.1 Å². The number of rotatable bonds is 6. The van der Waals surface area contributed by atoms with Gasteiger partial charge >= 0.3 is 0 Å². The van der Waals surface area contributed by atoms with Crippen molar-refractivity contribution in [3.63, 3.8) is 0 Å². The van der Waals surface area contributed by atoms with Gasteiger partial charge in [0, 0.05) is 31.8 Å². The molecule has 0 spiro atoms. The third kappa shape index (κ3) is 3.76. The zero-order valence-corrected chi connectivity index (χ0v) is 19.9. The lowest BCUT2D eigenvalue weighted by Crippen LogP contribution is -2.31. The number of hydrogen-bond acceptors (Lipinski definition) is 6. The van der Waals surface area contributed by atoms with Gasteiger partial charge in [0.05, 0.1) is 23.3 Å². The lowest BCUT2D eigenvalue weighted by atomic mass is 9.93. The summed E-state index contributed by atoms with van der Waals surface area (Å²) >= 11 is 0. The van der Waals surface area contributed by atoms with Gasteiger partial charge in [0.15, 0.2) is 5.58 Å². The van der Waals surface area contributed by atoms with Crippen LogP contribution in [0.4, 0.5) is 5.69 Å². The molecule has 6 nitrogen and oxygen atoms in total. The molecule has 2 heterocycles. The molecule has 1 aliphatic rings. The van der Waals surface area contributed by atoms with Crippen LogP contribution >= 0.6 is 0 Å². The average molecular weight is 433 g/mol. The molecule has 0 N–H and O–H groups in total. The normalized spacial score (nSPS) is 16.8. The average Bonchev–Trinajstić information content (AvgIpc) is 3.42. The summed E-state index contributed by atoms with van der Waals surface area (Å²) in [5, 5.41) is 10.1. The summed E-state index contributed by atoms with van der Waals surface area (Å²) in [7, 11) is 5.94. The molecule has 0 radical (unpaired) electrons. The molecule has 1 unspecified atom stereocenters. The number of aromatic nitrogens is 1. The Kier molecular flexibility index (Phi) is 5.98. The zero-order chi connectivity index (χ0) is 23.0. The van der Waals surface area contributed by atoms with E-state index in [1.165, 1.54) is 0 Å². The number of anilines is 1. The molecule has 0 bridgehead atoms. The molecule has 0 amide bonds. The van der Waals surface area contributed by atoms with Crippen LogP contribution in [0.15, 0.2) is 34.7 Å². The van der Waals surface area contributed by atoms with Crippen molar-refractivity contribution in [3.05, 3.63) is 47.3 Å². The Balaban J connectivity index is 2.03. The minimum absolute atomic E-state index is 0.407. The van der Waals surface area contributed by atoms with Gasteiger partial charge in [0.1, 0.15) is 11.6 Å². The fraction of sp³-hybridized carbons (Fsp3) is 0.462. The quantitative estimate of drug-likeness (QED) is 0.561. The lowest BCUT2D eigenvalue weighted by Gasteiger charge is -2.25. The van der Waals surface area contributed by atoms with E-state index in [0.717, 1.165) is 41.9 Å². The Morgan fingerprint density at radius 1 is 1.28 bits per heavy atom. The second kappa shape index (κ2) is 8.57. The van der Waals surface area contributed by atoms with E-state index < -0.39 is 5.41 Å². The SMILES string of the molecule is COCC(C)(C)c1nc2c(C#N)c(C)c(-c3ccccc3)c(N3CCC(N(C)C)C3)c2o1. The minimum atomic E-state index is -0.407. The summed E-state index contributed by atoms with van der Waals surface area (Å²) in [4.78, 5) is 9.54. The summed E-state index contributed by atoms with van der Waals surface area (Å²) in [5.74, 6) is 0.597. The number of benzene rings is 2. The topological polar surface area (TPSA) is 65.5 Å². The fourth-order valence-corrected chi connectivity index (χ4v) is 4.72. The molecule has 32 heavy (non-hydrogen) atoms. The monoisotopic (exact) mass is 432 g/mol. The van der Waals surface area contributed by atoms with Crippen LogP contribution in [0.25, 0.3) is 22.2 Å². The van der Waals surface area contributed by atoms with Gasteiger partial charge in [-0.3, -0.25) is 0 Å². The van der Waals surface area contributed by atoms with Crippen LogP contribution in [0.5, 0.6) is 0 Å². The molecule has 3 aromatic rings. The van der Waals surface area contributed by atoms with Crippen molar-refractivity contribution in [3.8, 4) is 17.2 Å². The third-order valence-corrected chi connectivity index (χ3v) is 6.53. The van der Waals surface area contributed by atoms with Crippen LogP contribution in [0, 0.1) is 18.3 Å². The van der Waals surface area contributed by atoms with Crippen LogP contribution in [0.2, 0.25) is 0 Å². The zero-order valence-electron chi connectivity index (χ0n) is 19.9. The van der Waals surface area contributed by atoms with Crippen LogP contribution < -0.4 is 4.90 Å². The molecule has 0 saturated carbocycles. The highest BCUT2D eigenvalue weighted by Crippen LogP contribution is 2.45. The molecule has 1 atom stereocenters. The van der Waals surface area contributed by atoms with Gasteiger partial charge in [-0.15, -0.1) is 0 Å². The van der Waals surface area contributed by atoms with E-state index >= 15 is 0 Å². The summed E-state index contributed by atoms with van der Waals surface area (Å²) in [6.45, 7) is 8.45. The van der Waals surface area contributed by atoms with Gasteiger partial charge in [-0.1, -0.05) is 30.3 Å². The van der Waals surface area contributed by atoms with Gasteiger partial charge in [0.2, 0.25) is 5.89 Å². The van der Waals surface area contributed by atoms with E-state index in [1.54, 1.807) is 7.11 Å². The number of nitriles is 1. The summed E-state index contributed by atoms with van der Waals surface area (Å²) in [6, 6.07) is 13.2. The van der Waals surface area contributed by atoms with Crippen LogP contribution in [0.1, 0.15) is 37.3 Å². The molecule has 1 aliphatic heterocycles. The molecule has 0 aliphatic carbocycles. The highest BCUT2D eigenvalue weighted by atomic mass is 16.5. The predicted octanol–water partition coefficient (Wildman–Crippen LogP) is 4.74. The van der Waals surface area contributed by atoms with Crippen LogP contribution in [-0.4, -0.2) is 56.8 Å². The molecule has 1 aromatic heterocycles. The fourth-order valence-electron chi connectivity index (χ4n) is 4.72. The third-order valence-electron chi connectivity index (χ3n) is 6.53. The Morgan fingerprint density at radius 3 is 2.59 bits per heavy atom. The minimum Gasteiger partial charge on any atom is -0.438 e. The van der Waals surface area contributed by atoms with Gasteiger partial charge in [-0.05, 0) is 52.4 Å². The van der Waals surface area contributed by atoms with Gasteiger partial charge in [-0.25, -0.2) is 4.98 Å². The van der Waals surface area contributed by atoms with E-state index in [9.17, 15) is 5.26 Å². The van der Waals surface area contributed by atoms with Crippen molar-refractivity contribution in [1.29, 1.82) is 5.26 Å². The largest absolute Gasteiger partial charge is 0.438 e. The van der Waals surface area contributed by atoms with E-state index in [0.29, 0.717) is 35.2 Å². The Morgan fingerprint density at radius 2 is 2.00 bits per heavy atom. The van der Waals surface area contributed by atoms with E-state index in [4.69, 9.17) is 14.1 Å².